The van der Waals surface area contributed by atoms with Gasteiger partial charge in [0.2, 0.25) is 0 Å². The minimum atomic E-state index is 0.0293. The summed E-state index contributed by atoms with van der Waals surface area (Å²) in [6, 6.07) is 14.2. The Morgan fingerprint density at radius 1 is 1.19 bits per heavy atom. The molecule has 1 amide bonds. The highest BCUT2D eigenvalue weighted by atomic mass is 32.1. The van der Waals surface area contributed by atoms with Crippen molar-refractivity contribution in [1.29, 1.82) is 0 Å². The number of nitrogens with one attached hydrogen (secondary N) is 1. The molecular formula is C23H24N2OS. The predicted octanol–water partition coefficient (Wildman–Crippen LogP) is 5.52. The van der Waals surface area contributed by atoms with Crippen molar-refractivity contribution in [2.24, 2.45) is 17.8 Å². The van der Waals surface area contributed by atoms with Gasteiger partial charge < -0.3 is 5.32 Å². The van der Waals surface area contributed by atoms with E-state index in [-0.39, 0.29) is 11.9 Å². The Hall–Kier alpha value is -2.20. The van der Waals surface area contributed by atoms with Crippen molar-refractivity contribution in [2.45, 2.75) is 38.6 Å². The van der Waals surface area contributed by atoms with Gasteiger partial charge in [-0.3, -0.25) is 4.79 Å². The van der Waals surface area contributed by atoms with E-state index in [1.165, 1.54) is 25.7 Å². The average Bonchev–Trinajstić information content (AvgIpc) is 3.44. The molecule has 2 fully saturated rings. The lowest BCUT2D eigenvalue weighted by atomic mass is 9.84. The summed E-state index contributed by atoms with van der Waals surface area (Å²) in [5, 5.41) is 6.30. The fourth-order valence-corrected chi connectivity index (χ4v) is 5.90. The first-order valence-corrected chi connectivity index (χ1v) is 10.8. The number of para-hydroxylation sites is 1. The van der Waals surface area contributed by atoms with E-state index < -0.39 is 0 Å². The van der Waals surface area contributed by atoms with Crippen molar-refractivity contribution in [3.05, 3.63) is 53.4 Å². The lowest BCUT2D eigenvalue weighted by Gasteiger charge is -2.28. The summed E-state index contributed by atoms with van der Waals surface area (Å²) < 4.78 is 0. The molecule has 0 spiro atoms. The van der Waals surface area contributed by atoms with Crippen molar-refractivity contribution in [3.8, 4) is 10.6 Å². The Morgan fingerprint density at radius 2 is 2.07 bits per heavy atom. The summed E-state index contributed by atoms with van der Waals surface area (Å²) in [5.41, 5.74) is 2.49. The van der Waals surface area contributed by atoms with Crippen LogP contribution in [-0.2, 0) is 0 Å². The lowest BCUT2D eigenvalue weighted by molar-refractivity contribution is 0.0917. The van der Waals surface area contributed by atoms with Crippen LogP contribution >= 0.6 is 11.3 Å². The van der Waals surface area contributed by atoms with Crippen molar-refractivity contribution in [2.75, 3.05) is 0 Å². The van der Waals surface area contributed by atoms with Gasteiger partial charge in [0.1, 0.15) is 0 Å². The molecule has 0 saturated heterocycles. The Bertz CT molecular complexity index is 981. The SMILES string of the molecule is CC(NC(=O)c1cc(-c2cccs2)nc2ccccc12)C1CC2CCC1C2. The number of hydrogen-bond donors (Lipinski definition) is 1. The van der Waals surface area contributed by atoms with E-state index in [4.69, 9.17) is 4.98 Å². The molecule has 5 rings (SSSR count). The van der Waals surface area contributed by atoms with Crippen LogP contribution in [-0.4, -0.2) is 16.9 Å². The molecule has 3 aromatic rings. The third-order valence-electron chi connectivity index (χ3n) is 6.53. The number of aromatic nitrogens is 1. The van der Waals surface area contributed by atoms with Crippen LogP contribution in [0.25, 0.3) is 21.5 Å². The Balaban J connectivity index is 1.47. The number of benzene rings is 1. The van der Waals surface area contributed by atoms with Gasteiger partial charge >= 0.3 is 0 Å². The largest absolute Gasteiger partial charge is 0.349 e. The standard InChI is InChI=1S/C23H24N2OS/c1-14(18-12-15-8-9-16(18)11-15)24-23(26)19-13-21(22-7-4-10-27-22)25-20-6-3-2-5-17(19)20/h2-7,10,13-16,18H,8-9,11-12H2,1H3,(H,24,26). The van der Waals surface area contributed by atoms with E-state index in [1.807, 2.05) is 41.8 Å². The molecule has 2 aromatic heterocycles. The van der Waals surface area contributed by atoms with E-state index >= 15 is 0 Å². The van der Waals surface area contributed by atoms with Gasteiger partial charge in [-0.2, -0.15) is 0 Å². The molecule has 1 aromatic carbocycles. The Kier molecular flexibility index (Phi) is 4.24. The normalized spacial score (nSPS) is 25.0. The third-order valence-corrected chi connectivity index (χ3v) is 7.42. The summed E-state index contributed by atoms with van der Waals surface area (Å²) in [5.74, 6) is 2.37. The van der Waals surface area contributed by atoms with E-state index in [2.05, 4.69) is 18.3 Å². The van der Waals surface area contributed by atoms with Gasteiger partial charge in [0, 0.05) is 11.4 Å². The highest BCUT2D eigenvalue weighted by Crippen LogP contribution is 2.49. The average molecular weight is 377 g/mol. The maximum Gasteiger partial charge on any atom is 0.252 e. The molecule has 4 unspecified atom stereocenters. The maximum absolute atomic E-state index is 13.2. The Morgan fingerprint density at radius 3 is 2.81 bits per heavy atom. The molecular weight excluding hydrogens is 352 g/mol. The zero-order valence-corrected chi connectivity index (χ0v) is 16.3. The first-order valence-electron chi connectivity index (χ1n) is 9.93. The van der Waals surface area contributed by atoms with E-state index in [0.717, 1.165) is 38.9 Å². The molecule has 138 valence electrons. The summed E-state index contributed by atoms with van der Waals surface area (Å²) in [6.07, 6.45) is 5.38. The van der Waals surface area contributed by atoms with E-state index in [9.17, 15) is 4.79 Å². The predicted molar refractivity (Wildman–Crippen MR) is 111 cm³/mol. The molecule has 2 saturated carbocycles. The number of hydrogen-bond acceptors (Lipinski definition) is 3. The van der Waals surface area contributed by atoms with Crippen LogP contribution in [0.4, 0.5) is 0 Å². The highest BCUT2D eigenvalue weighted by Gasteiger charge is 2.42. The first kappa shape index (κ1) is 16.9. The molecule has 2 aliphatic rings. The second-order valence-electron chi connectivity index (χ2n) is 8.15. The van der Waals surface area contributed by atoms with Crippen LogP contribution in [0, 0.1) is 17.8 Å². The number of pyridine rings is 1. The number of rotatable bonds is 4. The zero-order chi connectivity index (χ0) is 18.4. The molecule has 0 radical (unpaired) electrons. The van der Waals surface area contributed by atoms with Crippen LogP contribution in [0.5, 0.6) is 0 Å². The van der Waals surface area contributed by atoms with Gasteiger partial charge in [0.15, 0.2) is 0 Å². The minimum absolute atomic E-state index is 0.0293. The minimum Gasteiger partial charge on any atom is -0.349 e. The zero-order valence-electron chi connectivity index (χ0n) is 15.5. The highest BCUT2D eigenvalue weighted by molar-refractivity contribution is 7.13. The second kappa shape index (κ2) is 6.75. The second-order valence-corrected chi connectivity index (χ2v) is 9.10. The molecule has 1 N–H and O–H groups in total. The molecule has 27 heavy (non-hydrogen) atoms. The van der Waals surface area contributed by atoms with Crippen LogP contribution in [0.1, 0.15) is 43.0 Å². The number of fused-ring (bicyclic) bond motifs is 3. The van der Waals surface area contributed by atoms with Gasteiger partial charge in [-0.25, -0.2) is 4.98 Å². The van der Waals surface area contributed by atoms with Gasteiger partial charge in [-0.05, 0) is 67.5 Å². The first-order chi connectivity index (χ1) is 13.2. The van der Waals surface area contributed by atoms with Gasteiger partial charge in [0.05, 0.1) is 21.7 Å². The molecule has 2 aliphatic carbocycles. The van der Waals surface area contributed by atoms with Crippen LogP contribution in [0.15, 0.2) is 47.8 Å². The molecule has 4 atom stereocenters. The molecule has 0 aliphatic heterocycles. The number of amides is 1. The van der Waals surface area contributed by atoms with Crippen molar-refractivity contribution >= 4 is 28.1 Å². The molecule has 3 nitrogen and oxygen atoms in total. The fourth-order valence-electron chi connectivity index (χ4n) is 5.21. The quantitative estimate of drug-likeness (QED) is 0.651. The molecule has 2 bridgehead atoms. The number of thiophene rings is 1. The summed E-state index contributed by atoms with van der Waals surface area (Å²) >= 11 is 1.65. The van der Waals surface area contributed by atoms with Crippen molar-refractivity contribution < 1.29 is 4.79 Å². The van der Waals surface area contributed by atoms with E-state index in [1.54, 1.807) is 11.3 Å². The van der Waals surface area contributed by atoms with Crippen LogP contribution in [0.2, 0.25) is 0 Å². The summed E-state index contributed by atoms with van der Waals surface area (Å²) in [7, 11) is 0. The monoisotopic (exact) mass is 376 g/mol. The van der Waals surface area contributed by atoms with Gasteiger partial charge in [-0.15, -0.1) is 11.3 Å². The van der Waals surface area contributed by atoms with Crippen molar-refractivity contribution in [1.82, 2.24) is 10.3 Å². The summed E-state index contributed by atoms with van der Waals surface area (Å²) in [6.45, 7) is 2.19. The van der Waals surface area contributed by atoms with Gasteiger partial charge in [-0.1, -0.05) is 30.7 Å². The lowest BCUT2D eigenvalue weighted by Crippen LogP contribution is -2.40. The molecule has 4 heteroatoms. The molecule has 2 heterocycles. The number of nitrogens with zero attached hydrogens (tertiary/aromatic N) is 1. The fraction of sp³-hybridized carbons (Fsp3) is 0.391. The topological polar surface area (TPSA) is 42.0 Å². The van der Waals surface area contributed by atoms with Crippen molar-refractivity contribution in [3.63, 3.8) is 0 Å². The number of carbonyl (C=O) groups excluding carboxylic acids is 1. The Labute approximate surface area is 163 Å². The van der Waals surface area contributed by atoms with E-state index in [0.29, 0.717) is 5.92 Å². The van der Waals surface area contributed by atoms with Crippen LogP contribution < -0.4 is 5.32 Å². The summed E-state index contributed by atoms with van der Waals surface area (Å²) in [4.78, 5) is 19.1. The van der Waals surface area contributed by atoms with Crippen LogP contribution in [0.3, 0.4) is 0 Å². The smallest absolute Gasteiger partial charge is 0.252 e. The van der Waals surface area contributed by atoms with Gasteiger partial charge in [0.25, 0.3) is 5.91 Å². The third kappa shape index (κ3) is 3.06. The maximum atomic E-state index is 13.2. The number of carbonyl (C=O) groups is 1.